The second-order valence-corrected chi connectivity index (χ2v) is 4.20. The summed E-state index contributed by atoms with van der Waals surface area (Å²) in [4.78, 5) is 15.7. The lowest BCUT2D eigenvalue weighted by Gasteiger charge is -2.05. The Kier molecular flexibility index (Phi) is 3.70. The SMILES string of the molecule is Cc1ccccc1CCC(=O)Cn1ccnc1. The second kappa shape index (κ2) is 5.43. The lowest BCUT2D eigenvalue weighted by molar-refractivity contribution is -0.119. The molecular weight excluding hydrogens is 212 g/mol. The number of carbonyl (C=O) groups excluding carboxylic acids is 1. The minimum Gasteiger partial charge on any atom is -0.330 e. The maximum atomic E-state index is 11.7. The van der Waals surface area contributed by atoms with E-state index in [-0.39, 0.29) is 5.78 Å². The van der Waals surface area contributed by atoms with Gasteiger partial charge in [-0.15, -0.1) is 0 Å². The molecule has 0 saturated carbocycles. The third-order valence-corrected chi connectivity index (χ3v) is 2.85. The highest BCUT2D eigenvalue weighted by atomic mass is 16.1. The van der Waals surface area contributed by atoms with Gasteiger partial charge in [0.2, 0.25) is 0 Å². The van der Waals surface area contributed by atoms with E-state index in [1.807, 2.05) is 18.3 Å². The minimum atomic E-state index is 0.242. The van der Waals surface area contributed by atoms with Crippen LogP contribution in [0.1, 0.15) is 17.5 Å². The monoisotopic (exact) mass is 228 g/mol. The Morgan fingerprint density at radius 1 is 1.35 bits per heavy atom. The van der Waals surface area contributed by atoms with Crippen LogP contribution in [0, 0.1) is 6.92 Å². The fourth-order valence-electron chi connectivity index (χ4n) is 1.83. The molecule has 0 radical (unpaired) electrons. The predicted molar refractivity (Wildman–Crippen MR) is 66.7 cm³/mol. The van der Waals surface area contributed by atoms with E-state index in [9.17, 15) is 4.79 Å². The molecule has 0 spiro atoms. The van der Waals surface area contributed by atoms with Crippen LogP contribution in [-0.2, 0) is 17.8 Å². The number of aromatic nitrogens is 2. The highest BCUT2D eigenvalue weighted by Gasteiger charge is 2.04. The van der Waals surface area contributed by atoms with Crippen molar-refractivity contribution >= 4 is 5.78 Å². The zero-order valence-electron chi connectivity index (χ0n) is 9.97. The van der Waals surface area contributed by atoms with Crippen LogP contribution in [0.15, 0.2) is 43.0 Å². The Morgan fingerprint density at radius 3 is 2.88 bits per heavy atom. The molecule has 3 heteroatoms. The van der Waals surface area contributed by atoms with Crippen molar-refractivity contribution in [2.75, 3.05) is 0 Å². The van der Waals surface area contributed by atoms with Crippen LogP contribution in [0.3, 0.4) is 0 Å². The van der Waals surface area contributed by atoms with E-state index in [1.165, 1.54) is 11.1 Å². The third-order valence-electron chi connectivity index (χ3n) is 2.85. The van der Waals surface area contributed by atoms with Gasteiger partial charge in [-0.3, -0.25) is 4.79 Å². The number of hydrogen-bond acceptors (Lipinski definition) is 2. The van der Waals surface area contributed by atoms with Crippen LogP contribution in [0.5, 0.6) is 0 Å². The smallest absolute Gasteiger partial charge is 0.152 e. The van der Waals surface area contributed by atoms with Gasteiger partial charge in [-0.1, -0.05) is 24.3 Å². The number of rotatable bonds is 5. The minimum absolute atomic E-state index is 0.242. The number of Topliss-reactive ketones (excluding diaryl/α,β-unsaturated/α-hetero) is 1. The Labute approximate surface area is 101 Å². The van der Waals surface area contributed by atoms with Crippen molar-refractivity contribution in [2.45, 2.75) is 26.3 Å². The molecule has 2 rings (SSSR count). The van der Waals surface area contributed by atoms with Crippen molar-refractivity contribution in [2.24, 2.45) is 0 Å². The molecule has 0 atom stereocenters. The molecule has 0 unspecified atom stereocenters. The quantitative estimate of drug-likeness (QED) is 0.787. The Balaban J connectivity index is 1.86. The molecule has 3 nitrogen and oxygen atoms in total. The first-order valence-electron chi connectivity index (χ1n) is 5.77. The molecule has 0 saturated heterocycles. The zero-order valence-corrected chi connectivity index (χ0v) is 9.97. The molecule has 2 aromatic rings. The van der Waals surface area contributed by atoms with E-state index in [0.29, 0.717) is 13.0 Å². The van der Waals surface area contributed by atoms with Crippen LogP contribution in [-0.4, -0.2) is 15.3 Å². The summed E-state index contributed by atoms with van der Waals surface area (Å²) in [7, 11) is 0. The summed E-state index contributed by atoms with van der Waals surface area (Å²) in [5, 5.41) is 0. The number of nitrogens with zero attached hydrogens (tertiary/aromatic N) is 2. The Hall–Kier alpha value is -1.90. The molecule has 17 heavy (non-hydrogen) atoms. The van der Waals surface area contributed by atoms with Gasteiger partial charge in [0.15, 0.2) is 5.78 Å². The van der Waals surface area contributed by atoms with E-state index in [4.69, 9.17) is 0 Å². The van der Waals surface area contributed by atoms with Crippen LogP contribution >= 0.6 is 0 Å². The Morgan fingerprint density at radius 2 is 2.18 bits per heavy atom. The van der Waals surface area contributed by atoms with Gasteiger partial charge in [0, 0.05) is 18.8 Å². The van der Waals surface area contributed by atoms with Crippen molar-refractivity contribution in [1.82, 2.24) is 9.55 Å². The first kappa shape index (κ1) is 11.6. The summed E-state index contributed by atoms with van der Waals surface area (Å²) in [5.74, 6) is 0.242. The van der Waals surface area contributed by atoms with E-state index >= 15 is 0 Å². The number of ketones is 1. The van der Waals surface area contributed by atoms with Crippen LogP contribution in [0.2, 0.25) is 0 Å². The first-order valence-corrected chi connectivity index (χ1v) is 5.77. The molecule has 0 aliphatic heterocycles. The van der Waals surface area contributed by atoms with Crippen LogP contribution in [0.4, 0.5) is 0 Å². The topological polar surface area (TPSA) is 34.9 Å². The number of imidazole rings is 1. The molecular formula is C14H16N2O. The largest absolute Gasteiger partial charge is 0.330 e. The predicted octanol–water partition coefficient (Wildman–Crippen LogP) is 2.39. The van der Waals surface area contributed by atoms with E-state index < -0.39 is 0 Å². The van der Waals surface area contributed by atoms with Gasteiger partial charge in [-0.2, -0.15) is 0 Å². The van der Waals surface area contributed by atoms with Gasteiger partial charge in [0.05, 0.1) is 12.9 Å². The molecule has 1 aromatic heterocycles. The summed E-state index contributed by atoms with van der Waals surface area (Å²) in [5.41, 5.74) is 2.51. The average Bonchev–Trinajstić information content (AvgIpc) is 2.81. The molecule has 1 aromatic carbocycles. The van der Waals surface area contributed by atoms with Gasteiger partial charge < -0.3 is 4.57 Å². The normalized spacial score (nSPS) is 10.4. The summed E-state index contributed by atoms with van der Waals surface area (Å²) in [6, 6.07) is 8.20. The second-order valence-electron chi connectivity index (χ2n) is 4.20. The molecule has 88 valence electrons. The van der Waals surface area contributed by atoms with Crippen LogP contribution in [0.25, 0.3) is 0 Å². The van der Waals surface area contributed by atoms with E-state index in [2.05, 4.69) is 24.0 Å². The molecule has 0 N–H and O–H groups in total. The highest BCUT2D eigenvalue weighted by Crippen LogP contribution is 2.09. The van der Waals surface area contributed by atoms with Gasteiger partial charge >= 0.3 is 0 Å². The van der Waals surface area contributed by atoms with E-state index in [0.717, 1.165) is 6.42 Å². The summed E-state index contributed by atoms with van der Waals surface area (Å²) in [6.07, 6.45) is 6.58. The standard InChI is InChI=1S/C14H16N2O/c1-12-4-2-3-5-13(12)6-7-14(17)10-16-9-8-15-11-16/h2-5,8-9,11H,6-7,10H2,1H3. The summed E-state index contributed by atoms with van der Waals surface area (Å²) < 4.78 is 1.81. The third kappa shape index (κ3) is 3.28. The highest BCUT2D eigenvalue weighted by molar-refractivity contribution is 5.78. The Bertz CT molecular complexity index is 489. The van der Waals surface area contributed by atoms with E-state index in [1.54, 1.807) is 17.1 Å². The van der Waals surface area contributed by atoms with Crippen molar-refractivity contribution in [1.29, 1.82) is 0 Å². The van der Waals surface area contributed by atoms with Gasteiger partial charge in [0.1, 0.15) is 0 Å². The van der Waals surface area contributed by atoms with Crippen molar-refractivity contribution in [3.63, 3.8) is 0 Å². The molecule has 0 bridgehead atoms. The maximum absolute atomic E-state index is 11.7. The number of carbonyl (C=O) groups is 1. The summed E-state index contributed by atoms with van der Waals surface area (Å²) in [6.45, 7) is 2.50. The van der Waals surface area contributed by atoms with Crippen molar-refractivity contribution < 1.29 is 4.79 Å². The zero-order chi connectivity index (χ0) is 12.1. The number of benzene rings is 1. The van der Waals surface area contributed by atoms with Crippen molar-refractivity contribution in [3.8, 4) is 0 Å². The fraction of sp³-hybridized carbons (Fsp3) is 0.286. The summed E-state index contributed by atoms with van der Waals surface area (Å²) >= 11 is 0. The van der Waals surface area contributed by atoms with Crippen molar-refractivity contribution in [3.05, 3.63) is 54.1 Å². The van der Waals surface area contributed by atoms with Gasteiger partial charge in [-0.25, -0.2) is 4.98 Å². The molecule has 0 amide bonds. The lowest BCUT2D eigenvalue weighted by atomic mass is 10.0. The maximum Gasteiger partial charge on any atom is 0.152 e. The number of hydrogen-bond donors (Lipinski definition) is 0. The fourth-order valence-corrected chi connectivity index (χ4v) is 1.83. The first-order chi connectivity index (χ1) is 8.25. The molecule has 0 fully saturated rings. The van der Waals surface area contributed by atoms with Gasteiger partial charge in [-0.05, 0) is 24.5 Å². The molecule has 0 aliphatic rings. The molecule has 1 heterocycles. The van der Waals surface area contributed by atoms with Crippen LogP contribution < -0.4 is 0 Å². The van der Waals surface area contributed by atoms with Gasteiger partial charge in [0.25, 0.3) is 0 Å². The lowest BCUT2D eigenvalue weighted by Crippen LogP contribution is -2.09. The average molecular weight is 228 g/mol. The number of aryl methyl sites for hydroxylation is 2. The molecule has 0 aliphatic carbocycles.